The topological polar surface area (TPSA) is 61.4 Å². The van der Waals surface area contributed by atoms with Crippen molar-refractivity contribution in [2.45, 2.75) is 43.0 Å². The van der Waals surface area contributed by atoms with Gasteiger partial charge in [0.2, 0.25) is 0 Å². The Morgan fingerprint density at radius 2 is 2.31 bits per heavy atom. The molecule has 0 saturated carbocycles. The number of aliphatic carboxylic acids is 1. The van der Waals surface area contributed by atoms with Crippen LogP contribution in [0.25, 0.3) is 0 Å². The largest absolute Gasteiger partial charge is 0.481 e. The molecule has 3 unspecified atom stereocenters. The molecule has 0 aromatic carbocycles. The Bertz CT molecular complexity index is 299. The summed E-state index contributed by atoms with van der Waals surface area (Å²) in [5.41, 5.74) is 0. The molecule has 0 amide bonds. The predicted octanol–water partition coefficient (Wildman–Crippen LogP) is 0.962. The van der Waals surface area contributed by atoms with Gasteiger partial charge in [0.15, 0.2) is 5.11 Å². The molecule has 90 valence electrons. The van der Waals surface area contributed by atoms with Crippen molar-refractivity contribution in [2.24, 2.45) is 0 Å². The molecule has 0 aliphatic carbocycles. The first-order chi connectivity index (χ1) is 7.66. The molecule has 0 bridgehead atoms. The maximum atomic E-state index is 10.4. The van der Waals surface area contributed by atoms with E-state index >= 15 is 0 Å². The van der Waals surface area contributed by atoms with Crippen LogP contribution in [-0.4, -0.2) is 39.3 Å². The number of carboxylic acid groups (broad SMARTS) is 1. The van der Waals surface area contributed by atoms with Gasteiger partial charge in [-0.05, 0) is 25.1 Å². The van der Waals surface area contributed by atoms with Gasteiger partial charge in [-0.25, -0.2) is 0 Å². The van der Waals surface area contributed by atoms with Crippen LogP contribution in [-0.2, 0) is 4.79 Å². The molecule has 3 atom stereocenters. The van der Waals surface area contributed by atoms with Crippen molar-refractivity contribution in [1.29, 1.82) is 0 Å². The van der Waals surface area contributed by atoms with E-state index in [-0.39, 0.29) is 6.42 Å². The maximum Gasteiger partial charge on any atom is 0.303 e. The number of carbonyl (C=O) groups is 1. The third-order valence-electron chi connectivity index (χ3n) is 3.07. The zero-order valence-electron chi connectivity index (χ0n) is 8.94. The summed E-state index contributed by atoms with van der Waals surface area (Å²) in [5.74, 6) is 0.403. The molecule has 0 aromatic rings. The average Bonchev–Trinajstić information content (AvgIpc) is 2.72. The van der Waals surface area contributed by atoms with Crippen molar-refractivity contribution in [2.75, 3.05) is 5.75 Å². The van der Waals surface area contributed by atoms with E-state index in [1.807, 2.05) is 11.8 Å². The molecule has 2 rings (SSSR count). The minimum atomic E-state index is -0.696. The van der Waals surface area contributed by atoms with Gasteiger partial charge in [-0.15, -0.1) is 0 Å². The van der Waals surface area contributed by atoms with E-state index in [1.54, 1.807) is 0 Å². The number of rotatable bonds is 5. The summed E-state index contributed by atoms with van der Waals surface area (Å²) in [6.07, 6.45) is 3.13. The monoisotopic (exact) mass is 260 g/mol. The zero-order chi connectivity index (χ0) is 11.5. The van der Waals surface area contributed by atoms with E-state index in [1.165, 1.54) is 0 Å². The minimum Gasteiger partial charge on any atom is -0.481 e. The Kier molecular flexibility index (Phi) is 3.91. The lowest BCUT2D eigenvalue weighted by molar-refractivity contribution is -0.137. The molecule has 0 radical (unpaired) electrons. The second-order valence-corrected chi connectivity index (χ2v) is 5.94. The highest BCUT2D eigenvalue weighted by Crippen LogP contribution is 2.33. The fourth-order valence-electron chi connectivity index (χ4n) is 2.26. The predicted molar refractivity (Wildman–Crippen MR) is 68.8 cm³/mol. The van der Waals surface area contributed by atoms with Gasteiger partial charge in [0.05, 0.1) is 12.1 Å². The van der Waals surface area contributed by atoms with Crippen LogP contribution in [0, 0.1) is 0 Å². The zero-order valence-corrected chi connectivity index (χ0v) is 10.6. The number of nitrogens with one attached hydrogen (secondary N) is 2. The molecule has 16 heavy (non-hydrogen) atoms. The summed E-state index contributed by atoms with van der Waals surface area (Å²) in [4.78, 5) is 10.4. The van der Waals surface area contributed by atoms with E-state index in [0.717, 1.165) is 30.1 Å². The Labute approximate surface area is 105 Å². The molecule has 6 heteroatoms. The second-order valence-electron chi connectivity index (χ2n) is 4.26. The van der Waals surface area contributed by atoms with Crippen LogP contribution in [0.15, 0.2) is 0 Å². The molecule has 0 spiro atoms. The maximum absolute atomic E-state index is 10.4. The summed E-state index contributed by atoms with van der Waals surface area (Å²) >= 11 is 7.05. The fourth-order valence-corrected chi connectivity index (χ4v) is 4.10. The third-order valence-corrected chi connectivity index (χ3v) is 4.81. The van der Waals surface area contributed by atoms with Gasteiger partial charge >= 0.3 is 5.97 Å². The smallest absolute Gasteiger partial charge is 0.303 e. The van der Waals surface area contributed by atoms with E-state index in [2.05, 4.69) is 10.6 Å². The van der Waals surface area contributed by atoms with Gasteiger partial charge in [-0.1, -0.05) is 6.42 Å². The molecular formula is C10H16N2O2S2. The number of hydrogen-bond donors (Lipinski definition) is 3. The van der Waals surface area contributed by atoms with Crippen molar-refractivity contribution >= 4 is 35.1 Å². The van der Waals surface area contributed by atoms with Gasteiger partial charge in [-0.2, -0.15) is 11.8 Å². The first kappa shape index (κ1) is 12.0. The van der Waals surface area contributed by atoms with Gasteiger partial charge < -0.3 is 15.7 Å². The normalized spacial score (nSPS) is 32.0. The summed E-state index contributed by atoms with van der Waals surface area (Å²) in [6.45, 7) is 0. The molecular weight excluding hydrogens is 244 g/mol. The van der Waals surface area contributed by atoms with Crippen molar-refractivity contribution in [3.8, 4) is 0 Å². The van der Waals surface area contributed by atoms with Crippen LogP contribution in [0.2, 0.25) is 0 Å². The molecule has 2 aliphatic rings. The van der Waals surface area contributed by atoms with Crippen LogP contribution in [0.4, 0.5) is 0 Å². The summed E-state index contributed by atoms with van der Waals surface area (Å²) in [6, 6.07) is 0.921. The molecule has 2 heterocycles. The fraction of sp³-hybridized carbons (Fsp3) is 0.800. The van der Waals surface area contributed by atoms with Crippen LogP contribution < -0.4 is 10.6 Å². The van der Waals surface area contributed by atoms with E-state index in [4.69, 9.17) is 17.3 Å². The summed E-state index contributed by atoms with van der Waals surface area (Å²) < 4.78 is 0. The van der Waals surface area contributed by atoms with Gasteiger partial charge in [0, 0.05) is 17.4 Å². The summed E-state index contributed by atoms with van der Waals surface area (Å²) in [7, 11) is 0. The Hall–Kier alpha value is -0.490. The molecule has 3 N–H and O–H groups in total. The number of carboxylic acids is 1. The van der Waals surface area contributed by atoms with Crippen molar-refractivity contribution in [3.63, 3.8) is 0 Å². The number of thiocarbonyl (C=S) groups is 1. The lowest BCUT2D eigenvalue weighted by Crippen LogP contribution is -2.36. The third kappa shape index (κ3) is 2.79. The highest BCUT2D eigenvalue weighted by atomic mass is 32.2. The van der Waals surface area contributed by atoms with Gasteiger partial charge in [0.25, 0.3) is 0 Å². The first-order valence-electron chi connectivity index (χ1n) is 5.57. The highest BCUT2D eigenvalue weighted by molar-refractivity contribution is 8.00. The van der Waals surface area contributed by atoms with Crippen LogP contribution in [0.5, 0.6) is 0 Å². The first-order valence-corrected chi connectivity index (χ1v) is 7.03. The van der Waals surface area contributed by atoms with E-state index in [0.29, 0.717) is 17.3 Å². The Morgan fingerprint density at radius 3 is 3.06 bits per heavy atom. The van der Waals surface area contributed by atoms with Crippen LogP contribution in [0.1, 0.15) is 25.7 Å². The van der Waals surface area contributed by atoms with Crippen molar-refractivity contribution < 1.29 is 9.90 Å². The Morgan fingerprint density at radius 1 is 1.50 bits per heavy atom. The lowest BCUT2D eigenvalue weighted by Gasteiger charge is -2.16. The molecule has 0 aromatic heterocycles. The molecule has 4 nitrogen and oxygen atoms in total. The van der Waals surface area contributed by atoms with E-state index in [9.17, 15) is 4.79 Å². The number of fused-ring (bicyclic) bond motifs is 1. The Balaban J connectivity index is 1.70. The van der Waals surface area contributed by atoms with Gasteiger partial charge in [-0.3, -0.25) is 4.79 Å². The molecule has 2 fully saturated rings. The standard InChI is InChI=1S/C10H16N2O2S2/c13-8(14)4-2-1-3-7-9-6(5-16-7)11-10(15)12-9/h6-7,9H,1-5H2,(H,13,14)(H2,11,12,15). The second kappa shape index (κ2) is 5.23. The minimum absolute atomic E-state index is 0.287. The number of thioether (sulfide) groups is 1. The number of unbranched alkanes of at least 4 members (excludes halogenated alkanes) is 1. The number of hydrogen-bond acceptors (Lipinski definition) is 3. The highest BCUT2D eigenvalue weighted by Gasteiger charge is 2.41. The SMILES string of the molecule is O=C(O)CCCCC1SCC2NC(=S)NC21. The molecule has 2 aliphatic heterocycles. The van der Waals surface area contributed by atoms with E-state index < -0.39 is 5.97 Å². The quantitative estimate of drug-likeness (QED) is 0.506. The molecule has 2 saturated heterocycles. The average molecular weight is 260 g/mol. The van der Waals surface area contributed by atoms with Crippen molar-refractivity contribution in [3.05, 3.63) is 0 Å². The van der Waals surface area contributed by atoms with Gasteiger partial charge in [0.1, 0.15) is 0 Å². The van der Waals surface area contributed by atoms with Crippen LogP contribution in [0.3, 0.4) is 0 Å². The van der Waals surface area contributed by atoms with Crippen molar-refractivity contribution in [1.82, 2.24) is 10.6 Å². The lowest BCUT2D eigenvalue weighted by atomic mass is 10.0. The van der Waals surface area contributed by atoms with Crippen LogP contribution >= 0.6 is 24.0 Å². The summed E-state index contributed by atoms with van der Waals surface area (Å²) in [5, 5.41) is 16.4.